The zero-order valence-electron chi connectivity index (χ0n) is 14.9. The molecule has 3 rings (SSSR count). The number of thiocarbonyl (C=S) groups is 1. The van der Waals surface area contributed by atoms with Gasteiger partial charge in [-0.3, -0.25) is 4.68 Å². The van der Waals surface area contributed by atoms with Crippen LogP contribution < -0.4 is 15.4 Å². The van der Waals surface area contributed by atoms with Crippen LogP contribution >= 0.6 is 51.3 Å². The highest BCUT2D eigenvalue weighted by atomic mass is 79.9. The average Bonchev–Trinajstić information content (AvgIpc) is 2.98. The van der Waals surface area contributed by atoms with E-state index in [1.54, 1.807) is 16.8 Å². The first kappa shape index (κ1) is 20.9. The van der Waals surface area contributed by atoms with Crippen LogP contribution in [0.1, 0.15) is 12.5 Å². The Hall–Kier alpha value is -1.80. The lowest BCUT2D eigenvalue weighted by atomic mass is 10.2. The van der Waals surface area contributed by atoms with Crippen molar-refractivity contribution < 1.29 is 4.74 Å². The van der Waals surface area contributed by atoms with Gasteiger partial charge in [0.2, 0.25) is 0 Å². The van der Waals surface area contributed by atoms with Crippen molar-refractivity contribution in [3.8, 4) is 5.75 Å². The summed E-state index contributed by atoms with van der Waals surface area (Å²) in [4.78, 5) is 0. The number of nitrogens with zero attached hydrogens (tertiary/aromatic N) is 2. The van der Waals surface area contributed by atoms with E-state index in [-0.39, 0.29) is 0 Å². The Morgan fingerprint density at radius 3 is 2.61 bits per heavy atom. The summed E-state index contributed by atoms with van der Waals surface area (Å²) in [6.07, 6.45) is 1.85. The number of benzene rings is 2. The van der Waals surface area contributed by atoms with Crippen molar-refractivity contribution in [3.63, 3.8) is 0 Å². The molecule has 0 bridgehead atoms. The highest BCUT2D eigenvalue weighted by molar-refractivity contribution is 9.10. The summed E-state index contributed by atoms with van der Waals surface area (Å²) < 4.78 is 7.98. The van der Waals surface area contributed by atoms with Crippen LogP contribution in [0.25, 0.3) is 0 Å². The normalized spacial score (nSPS) is 10.6. The van der Waals surface area contributed by atoms with E-state index in [9.17, 15) is 0 Å². The lowest BCUT2D eigenvalue weighted by Crippen LogP contribution is -2.19. The number of aromatic nitrogens is 2. The molecule has 0 amide bonds. The topological polar surface area (TPSA) is 51.1 Å². The molecule has 0 saturated heterocycles. The van der Waals surface area contributed by atoms with Crippen LogP contribution in [-0.2, 0) is 6.54 Å². The minimum atomic E-state index is 0.430. The molecule has 0 aliphatic carbocycles. The third-order valence-electron chi connectivity index (χ3n) is 3.72. The Bertz CT molecular complexity index is 979. The van der Waals surface area contributed by atoms with Gasteiger partial charge in [-0.25, -0.2) is 0 Å². The van der Waals surface area contributed by atoms with Crippen molar-refractivity contribution in [1.29, 1.82) is 0 Å². The first-order chi connectivity index (χ1) is 13.4. The maximum Gasteiger partial charge on any atom is 0.176 e. The second kappa shape index (κ2) is 9.60. The predicted octanol–water partition coefficient (Wildman–Crippen LogP) is 6.21. The van der Waals surface area contributed by atoms with Gasteiger partial charge in [0.1, 0.15) is 5.75 Å². The highest BCUT2D eigenvalue weighted by Crippen LogP contribution is 2.25. The zero-order chi connectivity index (χ0) is 20.1. The van der Waals surface area contributed by atoms with Crippen LogP contribution in [0.4, 0.5) is 11.5 Å². The van der Waals surface area contributed by atoms with Gasteiger partial charge >= 0.3 is 0 Å². The van der Waals surface area contributed by atoms with E-state index in [0.29, 0.717) is 34.1 Å². The average molecular weight is 500 g/mol. The molecule has 3 aromatic rings. The summed E-state index contributed by atoms with van der Waals surface area (Å²) in [5, 5.41) is 12.3. The highest BCUT2D eigenvalue weighted by Gasteiger charge is 2.10. The molecule has 0 unspecified atom stereocenters. The molecule has 9 heteroatoms. The van der Waals surface area contributed by atoms with Gasteiger partial charge in [-0.05, 0) is 77.0 Å². The quantitative estimate of drug-likeness (QED) is 0.395. The number of nitrogens with one attached hydrogen (secondary N) is 2. The molecule has 2 aromatic carbocycles. The van der Waals surface area contributed by atoms with Gasteiger partial charge in [0.25, 0.3) is 0 Å². The minimum absolute atomic E-state index is 0.430. The molecule has 5 nitrogen and oxygen atoms in total. The minimum Gasteiger partial charge on any atom is -0.494 e. The van der Waals surface area contributed by atoms with Crippen molar-refractivity contribution >= 4 is 68.0 Å². The van der Waals surface area contributed by atoms with Crippen LogP contribution in [0.15, 0.2) is 53.1 Å². The predicted molar refractivity (Wildman–Crippen MR) is 123 cm³/mol. The van der Waals surface area contributed by atoms with Gasteiger partial charge < -0.3 is 15.4 Å². The Kier molecular flexibility index (Phi) is 7.18. The Labute approximate surface area is 187 Å². The van der Waals surface area contributed by atoms with Crippen LogP contribution in [-0.4, -0.2) is 21.5 Å². The second-order valence-electron chi connectivity index (χ2n) is 5.80. The SMILES string of the molecule is CCOc1ccc(NC(=S)Nc2nn(Cc3ccc(Cl)cc3Cl)cc2Br)cc1. The fourth-order valence-corrected chi connectivity index (χ4v) is 3.56. The van der Waals surface area contributed by atoms with Crippen LogP contribution in [0.5, 0.6) is 5.75 Å². The lowest BCUT2D eigenvalue weighted by molar-refractivity contribution is 0.340. The van der Waals surface area contributed by atoms with E-state index >= 15 is 0 Å². The molecule has 0 radical (unpaired) electrons. The van der Waals surface area contributed by atoms with E-state index in [1.165, 1.54) is 0 Å². The molecule has 2 N–H and O–H groups in total. The molecular weight excluding hydrogens is 483 g/mol. The fourth-order valence-electron chi connectivity index (χ4n) is 2.46. The zero-order valence-corrected chi connectivity index (χ0v) is 18.8. The number of halogens is 3. The molecule has 0 atom stereocenters. The van der Waals surface area contributed by atoms with Gasteiger partial charge in [0.15, 0.2) is 10.9 Å². The summed E-state index contributed by atoms with van der Waals surface area (Å²) >= 11 is 21.1. The lowest BCUT2D eigenvalue weighted by Gasteiger charge is -2.10. The summed E-state index contributed by atoms with van der Waals surface area (Å²) in [5.74, 6) is 1.42. The third kappa shape index (κ3) is 5.61. The molecule has 1 aromatic heterocycles. The van der Waals surface area contributed by atoms with E-state index < -0.39 is 0 Å². The van der Waals surface area contributed by atoms with Crippen molar-refractivity contribution in [1.82, 2.24) is 9.78 Å². The monoisotopic (exact) mass is 498 g/mol. The number of ether oxygens (including phenoxy) is 1. The second-order valence-corrected chi connectivity index (χ2v) is 7.90. The maximum absolute atomic E-state index is 6.24. The maximum atomic E-state index is 6.24. The van der Waals surface area contributed by atoms with Crippen LogP contribution in [0.2, 0.25) is 10.0 Å². The van der Waals surface area contributed by atoms with Crippen molar-refractivity contribution in [3.05, 3.63) is 68.7 Å². The molecule has 0 spiro atoms. The fraction of sp³-hybridized carbons (Fsp3) is 0.158. The van der Waals surface area contributed by atoms with Crippen molar-refractivity contribution in [2.45, 2.75) is 13.5 Å². The van der Waals surface area contributed by atoms with Gasteiger partial charge in [-0.15, -0.1) is 0 Å². The Morgan fingerprint density at radius 1 is 1.18 bits per heavy atom. The molecule has 0 saturated carbocycles. The van der Waals surface area contributed by atoms with E-state index in [2.05, 4.69) is 31.7 Å². The molecule has 0 fully saturated rings. The van der Waals surface area contributed by atoms with Gasteiger partial charge in [0, 0.05) is 21.9 Å². The molecule has 146 valence electrons. The Balaban J connectivity index is 1.63. The first-order valence-electron chi connectivity index (χ1n) is 8.42. The molecule has 28 heavy (non-hydrogen) atoms. The van der Waals surface area contributed by atoms with Gasteiger partial charge in [-0.1, -0.05) is 29.3 Å². The van der Waals surface area contributed by atoms with Crippen molar-refractivity contribution in [2.75, 3.05) is 17.2 Å². The van der Waals surface area contributed by atoms with Crippen molar-refractivity contribution in [2.24, 2.45) is 0 Å². The standard InChI is InChI=1S/C19H17BrCl2N4OS/c1-2-27-15-7-5-14(6-8-15)23-19(28)24-18-16(20)11-26(25-18)10-12-3-4-13(21)9-17(12)22/h3-9,11H,2,10H2,1H3,(H2,23,24,25,28). The number of rotatable bonds is 6. The van der Waals surface area contributed by atoms with Crippen LogP contribution in [0.3, 0.4) is 0 Å². The molecule has 0 aliphatic rings. The summed E-state index contributed by atoms with van der Waals surface area (Å²) in [6, 6.07) is 13.0. The Morgan fingerprint density at radius 2 is 1.93 bits per heavy atom. The summed E-state index contributed by atoms with van der Waals surface area (Å²) in [7, 11) is 0. The number of hydrogen-bond acceptors (Lipinski definition) is 3. The summed E-state index contributed by atoms with van der Waals surface area (Å²) in [5.41, 5.74) is 1.77. The molecule has 0 aliphatic heterocycles. The molecule has 1 heterocycles. The molecular formula is C19H17BrCl2N4OS. The van der Waals surface area contributed by atoms with Crippen LogP contribution in [0, 0.1) is 0 Å². The number of anilines is 2. The summed E-state index contributed by atoms with van der Waals surface area (Å²) in [6.45, 7) is 3.09. The largest absolute Gasteiger partial charge is 0.494 e. The van der Waals surface area contributed by atoms with Gasteiger partial charge in [0.05, 0.1) is 17.6 Å². The van der Waals surface area contributed by atoms with Gasteiger partial charge in [-0.2, -0.15) is 5.10 Å². The smallest absolute Gasteiger partial charge is 0.176 e. The van der Waals surface area contributed by atoms with E-state index in [4.69, 9.17) is 40.2 Å². The van der Waals surface area contributed by atoms with E-state index in [0.717, 1.165) is 21.5 Å². The number of hydrogen-bond donors (Lipinski definition) is 2. The third-order valence-corrected chi connectivity index (χ3v) is 5.09. The van der Waals surface area contributed by atoms with E-state index in [1.807, 2.05) is 43.5 Å². The first-order valence-corrected chi connectivity index (χ1v) is 10.4.